The lowest BCUT2D eigenvalue weighted by molar-refractivity contribution is 0.0694. The van der Waals surface area contributed by atoms with Gasteiger partial charge in [0.15, 0.2) is 11.6 Å². The second-order valence-electron chi connectivity index (χ2n) is 4.28. The van der Waals surface area contributed by atoms with Crippen LogP contribution in [-0.4, -0.2) is 19.4 Å². The van der Waals surface area contributed by atoms with E-state index < -0.39 is 20.1 Å². The van der Waals surface area contributed by atoms with Crippen molar-refractivity contribution in [3.8, 4) is 5.75 Å². The number of rotatable bonds is 3. The lowest BCUT2D eigenvalue weighted by Crippen LogP contribution is -2.30. The van der Waals surface area contributed by atoms with E-state index in [2.05, 4.69) is 15.9 Å². The number of carbonyl (C=O) groups is 1. The van der Waals surface area contributed by atoms with E-state index in [1.165, 1.54) is 12.1 Å². The summed E-state index contributed by atoms with van der Waals surface area (Å²) in [5.41, 5.74) is -0.158. The largest absolute Gasteiger partial charge is 0.542 e. The molecule has 0 amide bonds. The molecule has 0 spiro atoms. The van der Waals surface area contributed by atoms with Crippen molar-refractivity contribution in [2.45, 2.75) is 19.6 Å². The highest BCUT2D eigenvalue weighted by atomic mass is 79.9. The molecular weight excluding hydrogens is 295 g/mol. The molecule has 88 valence electrons. The number of carboxylic acid groups (broad SMARTS) is 1. The molecule has 1 rings (SSSR count). The molecule has 1 aromatic carbocycles. The quantitative estimate of drug-likeness (QED) is 0.869. The highest BCUT2D eigenvalue weighted by Crippen LogP contribution is 2.29. The van der Waals surface area contributed by atoms with Gasteiger partial charge in [0.2, 0.25) is 8.32 Å². The van der Waals surface area contributed by atoms with E-state index in [-0.39, 0.29) is 11.3 Å². The normalized spacial score (nSPS) is 11.3. The van der Waals surface area contributed by atoms with Crippen molar-refractivity contribution >= 4 is 30.2 Å². The molecule has 0 atom stereocenters. The SMILES string of the molecule is C[Si](C)(C)Oc1c(F)cc(Br)cc1C(=O)O. The molecule has 0 saturated heterocycles. The zero-order valence-corrected chi connectivity index (χ0v) is 11.8. The summed E-state index contributed by atoms with van der Waals surface area (Å²) in [7, 11) is -2.04. The average molecular weight is 307 g/mol. The molecule has 0 aromatic heterocycles. The zero-order valence-electron chi connectivity index (χ0n) is 9.17. The van der Waals surface area contributed by atoms with Crippen molar-refractivity contribution in [3.05, 3.63) is 28.0 Å². The van der Waals surface area contributed by atoms with Crippen LogP contribution in [-0.2, 0) is 0 Å². The molecule has 1 aromatic rings. The number of hydrogen-bond donors (Lipinski definition) is 1. The maximum Gasteiger partial charge on any atom is 0.339 e. The van der Waals surface area contributed by atoms with Gasteiger partial charge in [-0.25, -0.2) is 9.18 Å². The highest BCUT2D eigenvalue weighted by molar-refractivity contribution is 9.10. The summed E-state index contributed by atoms with van der Waals surface area (Å²) < 4.78 is 19.4. The number of carboxylic acids is 1. The number of hydrogen-bond acceptors (Lipinski definition) is 2. The first kappa shape index (κ1) is 13.2. The Balaban J connectivity index is 3.30. The third-order valence-electron chi connectivity index (χ3n) is 1.65. The first-order valence-electron chi connectivity index (χ1n) is 4.62. The van der Waals surface area contributed by atoms with E-state index in [1.807, 2.05) is 19.6 Å². The summed E-state index contributed by atoms with van der Waals surface area (Å²) in [6, 6.07) is 2.53. The van der Waals surface area contributed by atoms with Crippen LogP contribution in [0.1, 0.15) is 10.4 Å². The van der Waals surface area contributed by atoms with Crippen molar-refractivity contribution in [1.82, 2.24) is 0 Å². The average Bonchev–Trinajstić information content (AvgIpc) is 2.07. The minimum atomic E-state index is -2.04. The molecule has 0 unspecified atom stereocenters. The molecular formula is C10H12BrFO3Si. The van der Waals surface area contributed by atoms with Gasteiger partial charge in [0.1, 0.15) is 5.56 Å². The van der Waals surface area contributed by atoms with Crippen LogP contribution in [0, 0.1) is 5.82 Å². The van der Waals surface area contributed by atoms with Gasteiger partial charge in [0, 0.05) is 4.47 Å². The smallest absolute Gasteiger partial charge is 0.339 e. The van der Waals surface area contributed by atoms with Crippen LogP contribution < -0.4 is 4.43 Å². The van der Waals surface area contributed by atoms with E-state index in [0.29, 0.717) is 4.47 Å². The Morgan fingerprint density at radius 2 is 2.00 bits per heavy atom. The predicted molar refractivity (Wildman–Crippen MR) is 65.0 cm³/mol. The molecule has 0 bridgehead atoms. The minimum absolute atomic E-state index is 0.158. The van der Waals surface area contributed by atoms with E-state index in [0.717, 1.165) is 0 Å². The van der Waals surface area contributed by atoms with Crippen molar-refractivity contribution in [2.24, 2.45) is 0 Å². The van der Waals surface area contributed by atoms with Gasteiger partial charge in [0.05, 0.1) is 0 Å². The van der Waals surface area contributed by atoms with Crippen LogP contribution in [0.15, 0.2) is 16.6 Å². The first-order chi connectivity index (χ1) is 7.20. The minimum Gasteiger partial charge on any atom is -0.542 e. The Morgan fingerprint density at radius 3 is 2.44 bits per heavy atom. The number of aromatic carboxylic acids is 1. The lowest BCUT2D eigenvalue weighted by atomic mass is 10.2. The molecule has 0 radical (unpaired) electrons. The van der Waals surface area contributed by atoms with E-state index in [9.17, 15) is 9.18 Å². The summed E-state index contributed by atoms with van der Waals surface area (Å²) in [5.74, 6) is -2.03. The van der Waals surface area contributed by atoms with E-state index >= 15 is 0 Å². The molecule has 0 heterocycles. The molecule has 0 aliphatic carbocycles. The second kappa shape index (κ2) is 4.55. The van der Waals surface area contributed by atoms with Gasteiger partial charge in [-0.15, -0.1) is 0 Å². The standard InChI is InChI=1S/C10H12BrFO3Si/c1-16(2,3)15-9-7(10(13)14)4-6(11)5-8(9)12/h4-5H,1-3H3,(H,13,14). The molecule has 0 aliphatic heterocycles. The van der Waals surface area contributed by atoms with Crippen LogP contribution in [0.25, 0.3) is 0 Å². The molecule has 6 heteroatoms. The van der Waals surface area contributed by atoms with E-state index in [1.54, 1.807) is 0 Å². The van der Waals surface area contributed by atoms with Crippen molar-refractivity contribution in [1.29, 1.82) is 0 Å². The lowest BCUT2D eigenvalue weighted by Gasteiger charge is -2.21. The fraction of sp³-hybridized carbons (Fsp3) is 0.300. The Bertz CT molecular complexity index is 429. The molecule has 16 heavy (non-hydrogen) atoms. The predicted octanol–water partition coefficient (Wildman–Crippen LogP) is 3.50. The third kappa shape index (κ3) is 3.31. The van der Waals surface area contributed by atoms with Gasteiger partial charge in [-0.3, -0.25) is 0 Å². The van der Waals surface area contributed by atoms with Crippen molar-refractivity contribution in [3.63, 3.8) is 0 Å². The Morgan fingerprint density at radius 1 is 1.44 bits per heavy atom. The van der Waals surface area contributed by atoms with Gasteiger partial charge in [-0.1, -0.05) is 15.9 Å². The number of benzene rings is 1. The van der Waals surface area contributed by atoms with Crippen LogP contribution in [0.5, 0.6) is 5.75 Å². The molecule has 0 fully saturated rings. The van der Waals surface area contributed by atoms with Crippen molar-refractivity contribution in [2.75, 3.05) is 0 Å². The molecule has 1 N–H and O–H groups in total. The zero-order chi connectivity index (χ0) is 12.5. The van der Waals surface area contributed by atoms with Crippen LogP contribution in [0.4, 0.5) is 4.39 Å². The number of halogens is 2. The van der Waals surface area contributed by atoms with Crippen molar-refractivity contribution < 1.29 is 18.7 Å². The Kier molecular flexibility index (Phi) is 3.74. The van der Waals surface area contributed by atoms with Crippen LogP contribution in [0.2, 0.25) is 19.6 Å². The summed E-state index contributed by atoms with van der Waals surface area (Å²) >= 11 is 3.05. The maximum absolute atomic E-state index is 13.6. The fourth-order valence-electron chi connectivity index (χ4n) is 1.13. The molecule has 0 aliphatic rings. The fourth-order valence-corrected chi connectivity index (χ4v) is 2.38. The summed E-state index contributed by atoms with van der Waals surface area (Å²) in [4.78, 5) is 11.0. The van der Waals surface area contributed by atoms with Gasteiger partial charge in [-0.05, 0) is 31.8 Å². The van der Waals surface area contributed by atoms with Crippen LogP contribution >= 0.6 is 15.9 Å². The monoisotopic (exact) mass is 306 g/mol. The molecule has 0 saturated carbocycles. The van der Waals surface area contributed by atoms with E-state index in [4.69, 9.17) is 9.53 Å². The molecule has 3 nitrogen and oxygen atoms in total. The third-order valence-corrected chi connectivity index (χ3v) is 2.92. The second-order valence-corrected chi connectivity index (χ2v) is 9.63. The highest BCUT2D eigenvalue weighted by Gasteiger charge is 2.24. The van der Waals surface area contributed by atoms with Crippen LogP contribution in [0.3, 0.4) is 0 Å². The van der Waals surface area contributed by atoms with Gasteiger partial charge >= 0.3 is 5.97 Å². The first-order valence-corrected chi connectivity index (χ1v) is 8.82. The summed E-state index contributed by atoms with van der Waals surface area (Å²) in [6.07, 6.45) is 0. The summed E-state index contributed by atoms with van der Waals surface area (Å²) in [5, 5.41) is 8.96. The maximum atomic E-state index is 13.6. The summed E-state index contributed by atoms with van der Waals surface area (Å²) in [6.45, 7) is 5.58. The Hall–Kier alpha value is -0.883. The van der Waals surface area contributed by atoms with Gasteiger partial charge in [0.25, 0.3) is 0 Å². The topological polar surface area (TPSA) is 46.5 Å². The van der Waals surface area contributed by atoms with Gasteiger partial charge < -0.3 is 9.53 Å². The Labute approximate surface area is 102 Å². The van der Waals surface area contributed by atoms with Gasteiger partial charge in [-0.2, -0.15) is 0 Å².